The average molecular weight is 255 g/mol. The molecule has 0 aliphatic carbocycles. The number of hydrogen-bond donors (Lipinski definition) is 2. The van der Waals surface area contributed by atoms with Gasteiger partial charge < -0.3 is 9.67 Å². The molecule has 1 aromatic carbocycles. The topological polar surface area (TPSA) is 49.0 Å². The van der Waals surface area contributed by atoms with Crippen LogP contribution in [0.3, 0.4) is 0 Å². The van der Waals surface area contributed by atoms with E-state index in [1.807, 2.05) is 5.38 Å². The molecule has 0 saturated carbocycles. The van der Waals surface area contributed by atoms with Crippen LogP contribution >= 0.6 is 22.9 Å². The number of halogens is 1. The summed E-state index contributed by atoms with van der Waals surface area (Å²) in [7, 11) is 0. The highest BCUT2D eigenvalue weighted by Crippen LogP contribution is 2.17. The fourth-order valence-electron chi connectivity index (χ4n) is 1.42. The lowest BCUT2D eigenvalue weighted by molar-refractivity contribution is 0.155. The molecule has 0 fully saturated rings. The van der Waals surface area contributed by atoms with Crippen LogP contribution in [0.25, 0.3) is 0 Å². The van der Waals surface area contributed by atoms with Gasteiger partial charge in [-0.2, -0.15) is 0 Å². The molecule has 16 heavy (non-hydrogen) atoms. The van der Waals surface area contributed by atoms with Gasteiger partial charge in [0.2, 0.25) is 0 Å². The van der Waals surface area contributed by atoms with E-state index in [-0.39, 0.29) is 0 Å². The van der Waals surface area contributed by atoms with E-state index < -0.39 is 6.10 Å². The lowest BCUT2D eigenvalue weighted by Gasteiger charge is -2.11. The number of nitrogens with one attached hydrogen (secondary N) is 1. The predicted molar refractivity (Wildman–Crippen MR) is 64.6 cm³/mol. The van der Waals surface area contributed by atoms with Crippen LogP contribution in [0.2, 0.25) is 5.02 Å². The Kier molecular flexibility index (Phi) is 3.43. The fraction of sp³-hybridized carbons (Fsp3) is 0.182. The van der Waals surface area contributed by atoms with Gasteiger partial charge >= 0.3 is 0 Å². The maximum absolute atomic E-state index is 9.97. The van der Waals surface area contributed by atoms with Crippen molar-refractivity contribution in [2.75, 3.05) is 0 Å². The minimum absolute atomic E-state index is 0.393. The van der Waals surface area contributed by atoms with E-state index in [4.69, 9.17) is 17.0 Å². The first-order valence-corrected chi connectivity index (χ1v) is 6.04. The van der Waals surface area contributed by atoms with Gasteiger partial charge in [0.15, 0.2) is 4.80 Å². The number of rotatable bonds is 3. The quantitative estimate of drug-likeness (QED) is 0.868. The lowest BCUT2D eigenvalue weighted by atomic mass is 10.1. The smallest absolute Gasteiger partial charge is 0.181 e. The van der Waals surface area contributed by atoms with Crippen LogP contribution in [0.4, 0.5) is 0 Å². The van der Waals surface area contributed by atoms with Crippen molar-refractivity contribution in [2.24, 2.45) is 0 Å². The molecule has 1 atom stereocenters. The molecule has 0 aliphatic rings. The van der Waals surface area contributed by atoms with E-state index in [9.17, 15) is 5.11 Å². The Hall–Kier alpha value is -1.10. The number of benzene rings is 1. The number of aliphatic hydroxyl groups is 1. The maximum Gasteiger partial charge on any atom is 0.181 e. The molecule has 0 radical (unpaired) electrons. The lowest BCUT2D eigenvalue weighted by Crippen LogP contribution is -2.17. The van der Waals surface area contributed by atoms with Gasteiger partial charge in [0.1, 0.15) is 0 Å². The molecule has 2 N–H and O–H groups in total. The van der Waals surface area contributed by atoms with Crippen molar-refractivity contribution >= 4 is 22.9 Å². The summed E-state index contributed by atoms with van der Waals surface area (Å²) in [5.74, 6) is 0. The van der Waals surface area contributed by atoms with E-state index in [1.54, 1.807) is 35.0 Å². The second kappa shape index (κ2) is 4.82. The summed E-state index contributed by atoms with van der Waals surface area (Å²) in [6.07, 6.45) is 1.19. The molecular weight excluding hydrogens is 244 g/mol. The summed E-state index contributed by atoms with van der Waals surface area (Å²) in [6, 6.07) is 7.09. The van der Waals surface area contributed by atoms with Gasteiger partial charge in [-0.15, -0.1) is 11.3 Å². The van der Waals surface area contributed by atoms with Gasteiger partial charge in [0.25, 0.3) is 0 Å². The molecule has 0 saturated heterocycles. The number of hydrogen-bond acceptors (Lipinski definition) is 3. The van der Waals surface area contributed by atoms with Crippen molar-refractivity contribution in [3.63, 3.8) is 0 Å². The van der Waals surface area contributed by atoms with Gasteiger partial charge in [0, 0.05) is 16.6 Å². The van der Waals surface area contributed by atoms with Crippen molar-refractivity contribution < 1.29 is 5.11 Å². The van der Waals surface area contributed by atoms with Crippen molar-refractivity contribution in [1.82, 2.24) is 4.57 Å². The molecule has 0 spiro atoms. The Bertz CT molecular complexity index is 517. The number of thiazole rings is 1. The van der Waals surface area contributed by atoms with Crippen molar-refractivity contribution in [1.29, 1.82) is 5.41 Å². The predicted octanol–water partition coefficient (Wildman–Crippen LogP) is 2.42. The van der Waals surface area contributed by atoms with E-state index in [0.717, 1.165) is 5.56 Å². The largest absolute Gasteiger partial charge is 0.387 e. The number of nitrogens with zero attached hydrogens (tertiary/aromatic N) is 1. The Morgan fingerprint density at radius 1 is 1.38 bits per heavy atom. The highest BCUT2D eigenvalue weighted by Gasteiger charge is 2.08. The minimum atomic E-state index is -0.610. The summed E-state index contributed by atoms with van der Waals surface area (Å²) in [5.41, 5.74) is 0.808. The normalized spacial score (nSPS) is 12.6. The van der Waals surface area contributed by atoms with E-state index in [1.165, 1.54) is 11.3 Å². The van der Waals surface area contributed by atoms with E-state index in [2.05, 4.69) is 0 Å². The third kappa shape index (κ3) is 2.52. The third-order valence-electron chi connectivity index (χ3n) is 2.31. The van der Waals surface area contributed by atoms with Crippen LogP contribution in [0.5, 0.6) is 0 Å². The average Bonchev–Trinajstić information content (AvgIpc) is 2.65. The summed E-state index contributed by atoms with van der Waals surface area (Å²) >= 11 is 7.11. The second-order valence-corrected chi connectivity index (χ2v) is 4.76. The van der Waals surface area contributed by atoms with Crippen LogP contribution in [0, 0.1) is 5.41 Å². The SMILES string of the molecule is N=c1sccn1CC(O)c1ccc(Cl)cc1. The zero-order chi connectivity index (χ0) is 11.5. The van der Waals surface area contributed by atoms with Crippen LogP contribution < -0.4 is 4.80 Å². The first-order valence-electron chi connectivity index (χ1n) is 4.79. The number of aliphatic hydroxyl groups excluding tert-OH is 1. The molecule has 2 rings (SSSR count). The molecule has 1 unspecified atom stereocenters. The van der Waals surface area contributed by atoms with Gasteiger partial charge in [0.05, 0.1) is 12.6 Å². The molecule has 3 nitrogen and oxygen atoms in total. The molecule has 1 aromatic heterocycles. The molecule has 0 aliphatic heterocycles. The van der Waals surface area contributed by atoms with E-state index in [0.29, 0.717) is 16.4 Å². The molecular formula is C11H11ClN2OS. The minimum Gasteiger partial charge on any atom is -0.387 e. The molecule has 0 bridgehead atoms. The monoisotopic (exact) mass is 254 g/mol. The Balaban J connectivity index is 2.14. The van der Waals surface area contributed by atoms with Gasteiger partial charge in [-0.05, 0) is 17.7 Å². The van der Waals surface area contributed by atoms with Gasteiger partial charge in [-0.3, -0.25) is 5.41 Å². The molecule has 0 amide bonds. The van der Waals surface area contributed by atoms with Gasteiger partial charge in [-0.1, -0.05) is 23.7 Å². The van der Waals surface area contributed by atoms with Gasteiger partial charge in [-0.25, -0.2) is 0 Å². The Labute approximate surface area is 102 Å². The first-order chi connectivity index (χ1) is 7.66. The molecule has 5 heteroatoms. The first kappa shape index (κ1) is 11.4. The Morgan fingerprint density at radius 3 is 2.62 bits per heavy atom. The summed E-state index contributed by atoms with van der Waals surface area (Å²) in [4.78, 5) is 0.438. The van der Waals surface area contributed by atoms with Crippen LogP contribution in [-0.4, -0.2) is 9.67 Å². The summed E-state index contributed by atoms with van der Waals surface area (Å²) in [5, 5.41) is 20.0. The van der Waals surface area contributed by atoms with Crippen molar-refractivity contribution in [3.8, 4) is 0 Å². The summed E-state index contributed by atoms with van der Waals surface area (Å²) < 4.78 is 1.71. The highest BCUT2D eigenvalue weighted by atomic mass is 35.5. The zero-order valence-corrected chi connectivity index (χ0v) is 10.0. The summed E-state index contributed by atoms with van der Waals surface area (Å²) in [6.45, 7) is 0.393. The van der Waals surface area contributed by atoms with Crippen LogP contribution in [-0.2, 0) is 6.54 Å². The van der Waals surface area contributed by atoms with Crippen molar-refractivity contribution in [2.45, 2.75) is 12.6 Å². The fourth-order valence-corrected chi connectivity index (χ4v) is 2.16. The van der Waals surface area contributed by atoms with E-state index >= 15 is 0 Å². The van der Waals surface area contributed by atoms with Crippen molar-refractivity contribution in [3.05, 3.63) is 51.2 Å². The molecule has 2 aromatic rings. The molecule has 84 valence electrons. The third-order valence-corrected chi connectivity index (χ3v) is 3.27. The standard InChI is InChI=1S/C11H11ClN2OS/c12-9-3-1-8(2-4-9)10(15)7-14-5-6-16-11(14)13/h1-6,10,13,15H,7H2. The Morgan fingerprint density at radius 2 is 2.06 bits per heavy atom. The molecule has 1 heterocycles. The maximum atomic E-state index is 9.97. The van der Waals surface area contributed by atoms with Crippen LogP contribution in [0.1, 0.15) is 11.7 Å². The zero-order valence-electron chi connectivity index (χ0n) is 8.43. The second-order valence-electron chi connectivity index (χ2n) is 3.43. The van der Waals surface area contributed by atoms with Crippen LogP contribution in [0.15, 0.2) is 35.8 Å². The number of aromatic nitrogens is 1. The highest BCUT2D eigenvalue weighted by molar-refractivity contribution is 7.06.